The molecule has 0 aliphatic heterocycles. The fourth-order valence-corrected chi connectivity index (χ4v) is 1.53. The zero-order valence-corrected chi connectivity index (χ0v) is 9.48. The molecule has 0 aliphatic carbocycles. The van der Waals surface area contributed by atoms with Gasteiger partial charge in [0, 0.05) is 23.7 Å². The maximum Gasteiger partial charge on any atom is 0.182 e. The van der Waals surface area contributed by atoms with Gasteiger partial charge in [0.15, 0.2) is 5.13 Å². The number of aromatic nitrogens is 1. The maximum atomic E-state index is 4.24. The molecule has 0 aliphatic rings. The van der Waals surface area contributed by atoms with Crippen LogP contribution in [0.5, 0.6) is 0 Å². The first kappa shape index (κ1) is 10.5. The van der Waals surface area contributed by atoms with Crippen LogP contribution in [0.1, 0.15) is 11.8 Å². The minimum Gasteiger partial charge on any atom is -0.360 e. The van der Waals surface area contributed by atoms with Gasteiger partial charge in [0.05, 0.1) is 0 Å². The Kier molecular flexibility index (Phi) is 3.69. The molecule has 0 saturated heterocycles. The van der Waals surface area contributed by atoms with Gasteiger partial charge in [-0.05, 0) is 27.9 Å². The highest BCUT2D eigenvalue weighted by Gasteiger charge is 2.04. The monoisotopic (exact) mass is 199 g/mol. The van der Waals surface area contributed by atoms with Gasteiger partial charge < -0.3 is 10.2 Å². The van der Waals surface area contributed by atoms with Gasteiger partial charge in [-0.15, -0.1) is 11.3 Å². The molecular formula is C9H17N3S. The van der Waals surface area contributed by atoms with Crippen molar-refractivity contribution in [3.05, 3.63) is 11.1 Å². The predicted octanol–water partition coefficient (Wildman–Crippen LogP) is 1.81. The van der Waals surface area contributed by atoms with Gasteiger partial charge in [-0.1, -0.05) is 0 Å². The molecule has 13 heavy (non-hydrogen) atoms. The number of anilines is 1. The lowest BCUT2D eigenvalue weighted by molar-refractivity contribution is 0.326. The molecule has 0 aromatic carbocycles. The summed E-state index contributed by atoms with van der Waals surface area (Å²) in [5, 5.41) is 4.33. The first-order chi connectivity index (χ1) is 6.09. The van der Waals surface area contributed by atoms with Crippen molar-refractivity contribution in [2.45, 2.75) is 19.9 Å². The number of rotatable bonds is 4. The first-order valence-corrected chi connectivity index (χ1v) is 5.24. The summed E-state index contributed by atoms with van der Waals surface area (Å²) in [5.74, 6) is 0. The van der Waals surface area contributed by atoms with Crippen LogP contribution in [0, 0.1) is 6.92 Å². The van der Waals surface area contributed by atoms with Crippen molar-refractivity contribution in [1.29, 1.82) is 0 Å². The Morgan fingerprint density at radius 2 is 2.31 bits per heavy atom. The summed E-state index contributed by atoms with van der Waals surface area (Å²) >= 11 is 1.70. The Morgan fingerprint density at radius 3 is 2.77 bits per heavy atom. The molecule has 0 radical (unpaired) electrons. The molecule has 1 aromatic heterocycles. The summed E-state index contributed by atoms with van der Waals surface area (Å²) < 4.78 is 0. The normalized spacial score (nSPS) is 13.3. The number of nitrogens with one attached hydrogen (secondary N) is 1. The van der Waals surface area contributed by atoms with E-state index >= 15 is 0 Å². The van der Waals surface area contributed by atoms with E-state index in [1.54, 1.807) is 11.3 Å². The SMILES string of the molecule is Cc1cnc(NCC(C)N(C)C)s1. The van der Waals surface area contributed by atoms with Crippen molar-refractivity contribution < 1.29 is 0 Å². The van der Waals surface area contributed by atoms with Gasteiger partial charge in [0.2, 0.25) is 0 Å². The molecule has 1 unspecified atom stereocenters. The van der Waals surface area contributed by atoms with Crippen LogP contribution in [0.25, 0.3) is 0 Å². The van der Waals surface area contributed by atoms with Crippen molar-refractivity contribution in [1.82, 2.24) is 9.88 Å². The van der Waals surface area contributed by atoms with E-state index in [2.05, 4.69) is 43.1 Å². The van der Waals surface area contributed by atoms with Crippen molar-refractivity contribution >= 4 is 16.5 Å². The van der Waals surface area contributed by atoms with Crippen LogP contribution < -0.4 is 5.32 Å². The second-order valence-corrected chi connectivity index (χ2v) is 4.70. The molecule has 1 heterocycles. The zero-order valence-electron chi connectivity index (χ0n) is 8.66. The summed E-state index contributed by atoms with van der Waals surface area (Å²) in [6.45, 7) is 5.20. The maximum absolute atomic E-state index is 4.24. The quantitative estimate of drug-likeness (QED) is 0.801. The van der Waals surface area contributed by atoms with E-state index in [-0.39, 0.29) is 0 Å². The lowest BCUT2D eigenvalue weighted by Crippen LogP contribution is -2.31. The first-order valence-electron chi connectivity index (χ1n) is 4.42. The molecule has 0 spiro atoms. The van der Waals surface area contributed by atoms with Gasteiger partial charge >= 0.3 is 0 Å². The summed E-state index contributed by atoms with van der Waals surface area (Å²) in [7, 11) is 4.17. The lowest BCUT2D eigenvalue weighted by atomic mass is 10.3. The Morgan fingerprint density at radius 1 is 1.62 bits per heavy atom. The molecule has 74 valence electrons. The van der Waals surface area contributed by atoms with E-state index in [4.69, 9.17) is 0 Å². The molecule has 0 saturated carbocycles. The molecule has 0 bridgehead atoms. The molecule has 0 amide bonds. The largest absolute Gasteiger partial charge is 0.360 e. The lowest BCUT2D eigenvalue weighted by Gasteiger charge is -2.19. The van der Waals surface area contributed by atoms with E-state index in [1.807, 2.05) is 6.20 Å². The number of hydrogen-bond acceptors (Lipinski definition) is 4. The van der Waals surface area contributed by atoms with Gasteiger partial charge in [0.25, 0.3) is 0 Å². The molecule has 1 aromatic rings. The number of hydrogen-bond donors (Lipinski definition) is 1. The third kappa shape index (κ3) is 3.32. The number of aryl methyl sites for hydroxylation is 1. The molecule has 0 fully saturated rings. The van der Waals surface area contributed by atoms with E-state index in [1.165, 1.54) is 4.88 Å². The van der Waals surface area contributed by atoms with Crippen LogP contribution in [-0.4, -0.2) is 36.6 Å². The molecule has 4 heteroatoms. The number of nitrogens with zero attached hydrogens (tertiary/aromatic N) is 2. The van der Waals surface area contributed by atoms with Crippen LogP contribution in [-0.2, 0) is 0 Å². The number of thiazole rings is 1. The van der Waals surface area contributed by atoms with E-state index in [9.17, 15) is 0 Å². The smallest absolute Gasteiger partial charge is 0.182 e. The van der Waals surface area contributed by atoms with E-state index in [0.29, 0.717) is 6.04 Å². The van der Waals surface area contributed by atoms with Crippen LogP contribution in [0.4, 0.5) is 5.13 Å². The fourth-order valence-electron chi connectivity index (χ4n) is 0.854. The second-order valence-electron chi connectivity index (χ2n) is 3.47. The van der Waals surface area contributed by atoms with Crippen LogP contribution in [0.15, 0.2) is 6.20 Å². The van der Waals surface area contributed by atoms with Crippen LogP contribution in [0.3, 0.4) is 0 Å². The van der Waals surface area contributed by atoms with Crippen molar-refractivity contribution in [2.75, 3.05) is 26.0 Å². The summed E-state index contributed by atoms with van der Waals surface area (Å²) in [6, 6.07) is 0.532. The van der Waals surface area contributed by atoms with Crippen molar-refractivity contribution in [3.8, 4) is 0 Å². The average molecular weight is 199 g/mol. The third-order valence-corrected chi connectivity index (χ3v) is 2.92. The Hall–Kier alpha value is -0.610. The van der Waals surface area contributed by atoms with Crippen LogP contribution >= 0.6 is 11.3 Å². The van der Waals surface area contributed by atoms with Crippen LogP contribution in [0.2, 0.25) is 0 Å². The highest BCUT2D eigenvalue weighted by Crippen LogP contribution is 2.16. The summed E-state index contributed by atoms with van der Waals surface area (Å²) in [4.78, 5) is 7.67. The van der Waals surface area contributed by atoms with Crippen molar-refractivity contribution in [2.24, 2.45) is 0 Å². The molecule has 1 atom stereocenters. The predicted molar refractivity (Wildman–Crippen MR) is 58.5 cm³/mol. The highest BCUT2D eigenvalue weighted by atomic mass is 32.1. The van der Waals surface area contributed by atoms with Gasteiger partial charge in [-0.25, -0.2) is 4.98 Å². The number of likely N-dealkylation sites (N-methyl/N-ethyl adjacent to an activating group) is 1. The molecule has 1 rings (SSSR count). The zero-order chi connectivity index (χ0) is 9.84. The standard InChI is InChI=1S/C9H17N3S/c1-7(12(3)4)5-10-9-11-6-8(2)13-9/h6-7H,5H2,1-4H3,(H,10,11). The van der Waals surface area contributed by atoms with Crippen molar-refractivity contribution in [3.63, 3.8) is 0 Å². The van der Waals surface area contributed by atoms with Gasteiger partial charge in [0.1, 0.15) is 0 Å². The minimum absolute atomic E-state index is 0.532. The van der Waals surface area contributed by atoms with Gasteiger partial charge in [-0.2, -0.15) is 0 Å². The van der Waals surface area contributed by atoms with E-state index in [0.717, 1.165) is 11.7 Å². The van der Waals surface area contributed by atoms with Gasteiger partial charge in [-0.3, -0.25) is 0 Å². The Labute approximate surface area is 83.8 Å². The molecular weight excluding hydrogens is 182 g/mol. The summed E-state index contributed by atoms with van der Waals surface area (Å²) in [5.41, 5.74) is 0. The second kappa shape index (κ2) is 4.58. The summed E-state index contributed by atoms with van der Waals surface area (Å²) in [6.07, 6.45) is 1.90. The molecule has 1 N–H and O–H groups in total. The minimum atomic E-state index is 0.532. The highest BCUT2D eigenvalue weighted by molar-refractivity contribution is 7.15. The third-order valence-electron chi connectivity index (χ3n) is 2.05. The Balaban J connectivity index is 2.35. The fraction of sp³-hybridized carbons (Fsp3) is 0.667. The van der Waals surface area contributed by atoms with E-state index < -0.39 is 0 Å². The topological polar surface area (TPSA) is 28.2 Å². The Bertz CT molecular complexity index is 257. The average Bonchev–Trinajstić information content (AvgIpc) is 2.47. The molecule has 3 nitrogen and oxygen atoms in total.